The van der Waals surface area contributed by atoms with Crippen LogP contribution in [0, 0.1) is 5.82 Å². The fraction of sp³-hybridized carbons (Fsp3) is 0.0909. The molecule has 88 valence electrons. The van der Waals surface area contributed by atoms with Crippen LogP contribution in [0.25, 0.3) is 11.3 Å². The van der Waals surface area contributed by atoms with E-state index in [2.05, 4.69) is 5.10 Å². The van der Waals surface area contributed by atoms with Crippen molar-refractivity contribution in [3.63, 3.8) is 0 Å². The summed E-state index contributed by atoms with van der Waals surface area (Å²) in [6, 6.07) is 5.66. The Morgan fingerprint density at radius 3 is 2.41 bits per heavy atom. The van der Waals surface area contributed by atoms with Gasteiger partial charge < -0.3 is 0 Å². The summed E-state index contributed by atoms with van der Waals surface area (Å²) in [5, 5.41) is 3.57. The number of carbonyl (C=O) groups excluding carboxylic acids is 1. The minimum absolute atomic E-state index is 0.118. The minimum atomic E-state index is -0.682. The Balaban J connectivity index is 2.57. The Morgan fingerprint density at radius 1 is 1.35 bits per heavy atom. The molecule has 0 atom stereocenters. The van der Waals surface area contributed by atoms with Crippen molar-refractivity contribution in [3.8, 4) is 11.3 Å². The van der Waals surface area contributed by atoms with E-state index in [1.807, 2.05) is 0 Å². The molecule has 0 N–H and O–H groups in total. The van der Waals surface area contributed by atoms with Crippen LogP contribution in [0.1, 0.15) is 10.5 Å². The average Bonchev–Trinajstić information content (AvgIpc) is 2.55. The summed E-state index contributed by atoms with van der Waals surface area (Å²) in [4.78, 5) is 11.1. The minimum Gasteiger partial charge on any atom is -0.274 e. The van der Waals surface area contributed by atoms with Crippen LogP contribution < -0.4 is 0 Å². The summed E-state index contributed by atoms with van der Waals surface area (Å²) in [5.41, 5.74) is 1.14. The zero-order chi connectivity index (χ0) is 12.6. The molecule has 0 amide bonds. The number of benzene rings is 1. The van der Waals surface area contributed by atoms with Crippen molar-refractivity contribution < 1.29 is 9.18 Å². The highest BCUT2D eigenvalue weighted by atomic mass is 35.5. The van der Waals surface area contributed by atoms with Crippen LogP contribution in [0.4, 0.5) is 4.39 Å². The van der Waals surface area contributed by atoms with Crippen LogP contribution in [0.5, 0.6) is 0 Å². The molecule has 2 aromatic rings. The molecule has 1 heterocycles. The van der Waals surface area contributed by atoms with Crippen molar-refractivity contribution in [2.45, 2.75) is 0 Å². The topological polar surface area (TPSA) is 34.9 Å². The standard InChI is InChI=1S/C11H7Cl2FN2O/c1-16-10(11(13)17)8(12)9(15-16)6-2-4-7(14)5-3-6/h2-5H,1H3. The van der Waals surface area contributed by atoms with Crippen LogP contribution in [0.15, 0.2) is 24.3 Å². The quantitative estimate of drug-likeness (QED) is 0.787. The summed E-state index contributed by atoms with van der Waals surface area (Å²) < 4.78 is 14.1. The molecule has 0 spiro atoms. The average molecular weight is 273 g/mol. The largest absolute Gasteiger partial charge is 0.274 e. The number of hydrogen-bond acceptors (Lipinski definition) is 2. The fourth-order valence-corrected chi connectivity index (χ4v) is 2.12. The van der Waals surface area contributed by atoms with Crippen LogP contribution in [-0.2, 0) is 7.05 Å². The van der Waals surface area contributed by atoms with E-state index in [1.165, 1.54) is 28.9 Å². The summed E-state index contributed by atoms with van der Waals surface area (Å²) in [6.07, 6.45) is 0. The number of carbonyl (C=O) groups is 1. The van der Waals surface area contributed by atoms with E-state index in [1.54, 1.807) is 7.05 Å². The van der Waals surface area contributed by atoms with E-state index in [9.17, 15) is 9.18 Å². The van der Waals surface area contributed by atoms with Gasteiger partial charge in [0.2, 0.25) is 0 Å². The Kier molecular flexibility index (Phi) is 3.17. The molecular weight excluding hydrogens is 266 g/mol. The number of halogens is 3. The van der Waals surface area contributed by atoms with Gasteiger partial charge in [0.25, 0.3) is 5.24 Å². The molecule has 2 rings (SSSR count). The molecule has 0 saturated heterocycles. The third-order valence-electron chi connectivity index (χ3n) is 2.29. The fourth-order valence-electron chi connectivity index (χ4n) is 1.50. The second-order valence-corrected chi connectivity index (χ2v) is 4.14. The van der Waals surface area contributed by atoms with Crippen molar-refractivity contribution in [3.05, 3.63) is 40.8 Å². The predicted molar refractivity (Wildman–Crippen MR) is 63.8 cm³/mol. The molecule has 17 heavy (non-hydrogen) atoms. The molecule has 0 saturated carbocycles. The summed E-state index contributed by atoms with van der Waals surface area (Å²) >= 11 is 11.4. The van der Waals surface area contributed by atoms with Gasteiger partial charge in [0, 0.05) is 12.6 Å². The Morgan fingerprint density at radius 2 is 1.94 bits per heavy atom. The zero-order valence-corrected chi connectivity index (χ0v) is 10.3. The second kappa shape index (κ2) is 4.47. The second-order valence-electron chi connectivity index (χ2n) is 3.42. The van der Waals surface area contributed by atoms with Crippen LogP contribution in [0.2, 0.25) is 5.02 Å². The maximum Gasteiger partial charge on any atom is 0.272 e. The molecule has 0 aliphatic rings. The first kappa shape index (κ1) is 12.1. The highest BCUT2D eigenvalue weighted by Gasteiger charge is 2.20. The first-order chi connectivity index (χ1) is 8.00. The van der Waals surface area contributed by atoms with Crippen molar-refractivity contribution >= 4 is 28.4 Å². The van der Waals surface area contributed by atoms with Gasteiger partial charge in [-0.15, -0.1) is 0 Å². The molecule has 1 aromatic heterocycles. The van der Waals surface area contributed by atoms with Crippen molar-refractivity contribution in [2.75, 3.05) is 0 Å². The highest BCUT2D eigenvalue weighted by molar-refractivity contribution is 6.68. The summed E-state index contributed by atoms with van der Waals surface area (Å²) in [7, 11) is 1.56. The molecule has 0 aliphatic carbocycles. The number of rotatable bonds is 2. The Bertz CT molecular complexity index is 578. The predicted octanol–water partition coefficient (Wildman–Crippen LogP) is 3.26. The van der Waals surface area contributed by atoms with Gasteiger partial charge in [-0.2, -0.15) is 5.10 Å². The maximum absolute atomic E-state index is 12.8. The van der Waals surface area contributed by atoms with Gasteiger partial charge in [0.05, 0.1) is 5.02 Å². The molecule has 0 unspecified atom stereocenters. The van der Waals surface area contributed by atoms with Crippen molar-refractivity contribution in [1.82, 2.24) is 9.78 Å². The molecule has 0 fully saturated rings. The van der Waals surface area contributed by atoms with Crippen LogP contribution in [0.3, 0.4) is 0 Å². The number of nitrogens with zero attached hydrogens (tertiary/aromatic N) is 2. The highest BCUT2D eigenvalue weighted by Crippen LogP contribution is 2.30. The molecule has 3 nitrogen and oxygen atoms in total. The van der Waals surface area contributed by atoms with E-state index < -0.39 is 5.24 Å². The van der Waals surface area contributed by atoms with Crippen molar-refractivity contribution in [1.29, 1.82) is 0 Å². The van der Waals surface area contributed by atoms with Crippen LogP contribution >= 0.6 is 23.2 Å². The van der Waals surface area contributed by atoms with E-state index in [-0.39, 0.29) is 16.5 Å². The lowest BCUT2D eigenvalue weighted by Gasteiger charge is -1.96. The van der Waals surface area contributed by atoms with Gasteiger partial charge in [-0.05, 0) is 35.9 Å². The molecule has 0 bridgehead atoms. The first-order valence-corrected chi connectivity index (χ1v) is 5.44. The van der Waals surface area contributed by atoms with E-state index in [0.717, 1.165) is 0 Å². The van der Waals surface area contributed by atoms with Crippen molar-refractivity contribution in [2.24, 2.45) is 7.05 Å². The van der Waals surface area contributed by atoms with Gasteiger partial charge in [-0.1, -0.05) is 11.6 Å². The first-order valence-electron chi connectivity index (χ1n) is 4.69. The van der Waals surface area contributed by atoms with Gasteiger partial charge in [-0.25, -0.2) is 4.39 Å². The lowest BCUT2D eigenvalue weighted by molar-refractivity contribution is 0.107. The smallest absolute Gasteiger partial charge is 0.272 e. The Hall–Kier alpha value is -1.39. The third kappa shape index (κ3) is 2.18. The molecule has 0 aliphatic heterocycles. The Labute approximate surface area is 107 Å². The molecule has 1 aromatic carbocycles. The van der Waals surface area contributed by atoms with Gasteiger partial charge in [0.15, 0.2) is 0 Å². The maximum atomic E-state index is 12.8. The number of hydrogen-bond donors (Lipinski definition) is 0. The molecule has 0 radical (unpaired) electrons. The van der Waals surface area contributed by atoms with E-state index in [0.29, 0.717) is 11.3 Å². The number of aromatic nitrogens is 2. The normalized spacial score (nSPS) is 10.6. The SMILES string of the molecule is Cn1nc(-c2ccc(F)cc2)c(Cl)c1C(=O)Cl. The van der Waals surface area contributed by atoms with Gasteiger partial charge >= 0.3 is 0 Å². The van der Waals surface area contributed by atoms with Gasteiger partial charge in [-0.3, -0.25) is 9.48 Å². The lowest BCUT2D eigenvalue weighted by Crippen LogP contribution is -2.01. The number of aryl methyl sites for hydroxylation is 1. The summed E-state index contributed by atoms with van der Waals surface area (Å²) in [6.45, 7) is 0. The molecular formula is C11H7Cl2FN2O. The zero-order valence-electron chi connectivity index (χ0n) is 8.75. The van der Waals surface area contributed by atoms with Crippen LogP contribution in [-0.4, -0.2) is 15.0 Å². The third-order valence-corrected chi connectivity index (χ3v) is 2.83. The van der Waals surface area contributed by atoms with E-state index >= 15 is 0 Å². The van der Waals surface area contributed by atoms with E-state index in [4.69, 9.17) is 23.2 Å². The lowest BCUT2D eigenvalue weighted by atomic mass is 10.1. The van der Waals surface area contributed by atoms with Gasteiger partial charge in [0.1, 0.15) is 17.2 Å². The summed E-state index contributed by atoms with van der Waals surface area (Å²) in [5.74, 6) is -0.352. The monoisotopic (exact) mass is 272 g/mol. The molecule has 6 heteroatoms.